The van der Waals surface area contributed by atoms with Gasteiger partial charge in [0, 0.05) is 13.5 Å². The Morgan fingerprint density at radius 3 is 1.89 bits per heavy atom. The van der Waals surface area contributed by atoms with Gasteiger partial charge in [0.25, 0.3) is 0 Å². The first-order valence-corrected chi connectivity index (χ1v) is 6.38. The van der Waals surface area contributed by atoms with Gasteiger partial charge in [-0.15, -0.1) is 0 Å². The molecule has 0 saturated carbocycles. The van der Waals surface area contributed by atoms with Crippen molar-refractivity contribution < 1.29 is 28.6 Å². The van der Waals surface area contributed by atoms with E-state index >= 15 is 0 Å². The number of hydrogen-bond donors (Lipinski definition) is 0. The minimum absolute atomic E-state index is 0.0615. The smallest absolute Gasteiger partial charge is 0.317 e. The predicted molar refractivity (Wildman–Crippen MR) is 67.4 cm³/mol. The van der Waals surface area contributed by atoms with Crippen molar-refractivity contribution in [3.05, 3.63) is 0 Å². The molecular weight excluding hydrogens is 252 g/mol. The molecule has 2 atom stereocenters. The second-order valence-electron chi connectivity index (χ2n) is 3.86. The van der Waals surface area contributed by atoms with Crippen LogP contribution in [0.3, 0.4) is 0 Å². The minimum atomic E-state index is -1.16. The highest BCUT2D eigenvalue weighted by atomic mass is 16.5. The number of carbonyl (C=O) groups is 3. The Hall–Kier alpha value is -1.43. The quantitative estimate of drug-likeness (QED) is 0.460. The summed E-state index contributed by atoms with van der Waals surface area (Å²) in [5, 5.41) is 0. The number of methoxy groups -OCH3 is 1. The van der Waals surface area contributed by atoms with E-state index in [1.165, 1.54) is 7.11 Å². The Morgan fingerprint density at radius 1 is 0.947 bits per heavy atom. The molecule has 0 aromatic rings. The fourth-order valence-electron chi connectivity index (χ4n) is 1.70. The number of carbonyl (C=O) groups excluding carboxylic acids is 3. The number of esters is 2. The molecule has 0 aromatic carbocycles. The summed E-state index contributed by atoms with van der Waals surface area (Å²) in [6.45, 7) is 5.19. The molecule has 6 nitrogen and oxygen atoms in total. The summed E-state index contributed by atoms with van der Waals surface area (Å²) in [6, 6.07) is 0. The van der Waals surface area contributed by atoms with Gasteiger partial charge in [-0.25, -0.2) is 0 Å². The Labute approximate surface area is 113 Å². The molecule has 0 aliphatic carbocycles. The summed E-state index contributed by atoms with van der Waals surface area (Å²) in [6.07, 6.45) is 0.142. The van der Waals surface area contributed by atoms with Crippen LogP contribution in [0.4, 0.5) is 0 Å². The molecule has 2 unspecified atom stereocenters. The van der Waals surface area contributed by atoms with Gasteiger partial charge >= 0.3 is 11.9 Å². The third kappa shape index (κ3) is 5.38. The van der Waals surface area contributed by atoms with Crippen molar-refractivity contribution in [1.29, 1.82) is 0 Å². The van der Waals surface area contributed by atoms with Gasteiger partial charge in [0.05, 0.1) is 19.8 Å². The third-order valence-corrected chi connectivity index (χ3v) is 2.57. The Kier molecular flexibility index (Phi) is 8.78. The first kappa shape index (κ1) is 17.6. The number of Topliss-reactive ketones (excluding diaryl/α,β-unsaturated/α-hetero) is 1. The lowest BCUT2D eigenvalue weighted by molar-refractivity contribution is -0.165. The maximum absolute atomic E-state index is 11.9. The summed E-state index contributed by atoms with van der Waals surface area (Å²) < 4.78 is 14.7. The molecule has 19 heavy (non-hydrogen) atoms. The highest BCUT2D eigenvalue weighted by Crippen LogP contribution is 2.19. The van der Waals surface area contributed by atoms with E-state index in [1.54, 1.807) is 20.8 Å². The van der Waals surface area contributed by atoms with E-state index in [1.807, 2.05) is 0 Å². The molecule has 0 rings (SSSR count). The van der Waals surface area contributed by atoms with Gasteiger partial charge in [-0.3, -0.25) is 14.4 Å². The molecule has 0 fully saturated rings. The average Bonchev–Trinajstić information content (AvgIpc) is 2.38. The van der Waals surface area contributed by atoms with E-state index in [0.29, 0.717) is 0 Å². The van der Waals surface area contributed by atoms with Gasteiger partial charge in [-0.1, -0.05) is 6.92 Å². The normalized spacial score (nSPS) is 13.5. The summed E-state index contributed by atoms with van der Waals surface area (Å²) in [5.41, 5.74) is 0. The number of ketones is 1. The van der Waals surface area contributed by atoms with Crippen LogP contribution >= 0.6 is 0 Å². The van der Waals surface area contributed by atoms with Crippen molar-refractivity contribution >= 4 is 17.7 Å². The summed E-state index contributed by atoms with van der Waals surface area (Å²) in [5.74, 6) is -3.80. The number of hydrogen-bond acceptors (Lipinski definition) is 6. The molecule has 0 radical (unpaired) electrons. The van der Waals surface area contributed by atoms with Crippen molar-refractivity contribution in [2.24, 2.45) is 11.8 Å². The van der Waals surface area contributed by atoms with Crippen LogP contribution < -0.4 is 0 Å². The van der Waals surface area contributed by atoms with Crippen LogP contribution in [0.1, 0.15) is 27.2 Å². The van der Waals surface area contributed by atoms with E-state index in [0.717, 1.165) is 0 Å². The van der Waals surface area contributed by atoms with E-state index in [4.69, 9.17) is 14.2 Å². The van der Waals surface area contributed by atoms with Crippen LogP contribution in [0.5, 0.6) is 0 Å². The van der Waals surface area contributed by atoms with E-state index in [2.05, 4.69) is 0 Å². The second-order valence-corrected chi connectivity index (χ2v) is 3.86. The molecule has 6 heteroatoms. The SMILES string of the molecule is CCOC(=O)C(COC)C(C(=O)CC)C(=O)OCC. The molecular formula is C13H22O6. The molecule has 0 spiro atoms. The average molecular weight is 274 g/mol. The fraction of sp³-hybridized carbons (Fsp3) is 0.769. The Bertz CT molecular complexity index is 312. The number of rotatable bonds is 9. The standard InChI is InChI=1S/C13H22O6/c1-5-10(14)11(13(16)19-7-3)9(8-17-4)12(15)18-6-2/h9,11H,5-8H2,1-4H3. The summed E-state index contributed by atoms with van der Waals surface area (Å²) in [7, 11) is 1.39. The van der Waals surface area contributed by atoms with Crippen LogP contribution in [0.15, 0.2) is 0 Å². The van der Waals surface area contributed by atoms with Crippen LogP contribution in [0, 0.1) is 11.8 Å². The largest absolute Gasteiger partial charge is 0.466 e. The molecule has 0 aliphatic heterocycles. The molecule has 0 heterocycles. The topological polar surface area (TPSA) is 78.9 Å². The van der Waals surface area contributed by atoms with Gasteiger partial charge in [-0.05, 0) is 13.8 Å². The van der Waals surface area contributed by atoms with Crippen molar-refractivity contribution in [1.82, 2.24) is 0 Å². The minimum Gasteiger partial charge on any atom is -0.466 e. The first-order chi connectivity index (χ1) is 9.03. The molecule has 110 valence electrons. The van der Waals surface area contributed by atoms with E-state index in [-0.39, 0.29) is 32.0 Å². The van der Waals surface area contributed by atoms with Crippen LogP contribution in [0.25, 0.3) is 0 Å². The maximum Gasteiger partial charge on any atom is 0.317 e. The number of ether oxygens (including phenoxy) is 3. The van der Waals surface area contributed by atoms with E-state index < -0.39 is 23.8 Å². The van der Waals surface area contributed by atoms with Gasteiger partial charge in [0.1, 0.15) is 17.6 Å². The molecule has 0 amide bonds. The Morgan fingerprint density at radius 2 is 1.47 bits per heavy atom. The lowest BCUT2D eigenvalue weighted by Crippen LogP contribution is -2.40. The van der Waals surface area contributed by atoms with Crippen molar-refractivity contribution in [3.8, 4) is 0 Å². The molecule has 0 N–H and O–H groups in total. The fourth-order valence-corrected chi connectivity index (χ4v) is 1.70. The molecule has 0 bridgehead atoms. The summed E-state index contributed by atoms with van der Waals surface area (Å²) >= 11 is 0. The zero-order chi connectivity index (χ0) is 14.8. The van der Waals surface area contributed by atoms with Crippen LogP contribution in [0.2, 0.25) is 0 Å². The summed E-state index contributed by atoms with van der Waals surface area (Å²) in [4.78, 5) is 35.6. The molecule has 0 aliphatic rings. The highest BCUT2D eigenvalue weighted by molar-refractivity contribution is 6.02. The van der Waals surface area contributed by atoms with Gasteiger partial charge in [-0.2, -0.15) is 0 Å². The first-order valence-electron chi connectivity index (χ1n) is 6.38. The van der Waals surface area contributed by atoms with E-state index in [9.17, 15) is 14.4 Å². The van der Waals surface area contributed by atoms with Crippen LogP contribution in [-0.2, 0) is 28.6 Å². The molecule has 0 aromatic heterocycles. The maximum atomic E-state index is 11.9. The van der Waals surface area contributed by atoms with Crippen LogP contribution in [-0.4, -0.2) is 44.7 Å². The predicted octanol–water partition coefficient (Wildman–Crippen LogP) is 0.970. The monoisotopic (exact) mass is 274 g/mol. The Balaban J connectivity index is 5.17. The van der Waals surface area contributed by atoms with Gasteiger partial charge < -0.3 is 14.2 Å². The highest BCUT2D eigenvalue weighted by Gasteiger charge is 2.40. The zero-order valence-electron chi connectivity index (χ0n) is 11.9. The van der Waals surface area contributed by atoms with Crippen molar-refractivity contribution in [3.63, 3.8) is 0 Å². The lowest BCUT2D eigenvalue weighted by atomic mass is 9.88. The molecule has 0 saturated heterocycles. The van der Waals surface area contributed by atoms with Gasteiger partial charge in [0.2, 0.25) is 0 Å². The lowest BCUT2D eigenvalue weighted by Gasteiger charge is -2.22. The van der Waals surface area contributed by atoms with Gasteiger partial charge in [0.15, 0.2) is 0 Å². The van der Waals surface area contributed by atoms with Crippen molar-refractivity contribution in [2.45, 2.75) is 27.2 Å². The van der Waals surface area contributed by atoms with Crippen molar-refractivity contribution in [2.75, 3.05) is 26.9 Å². The second kappa shape index (κ2) is 9.49. The third-order valence-electron chi connectivity index (χ3n) is 2.57. The zero-order valence-corrected chi connectivity index (χ0v) is 11.9.